The molecule has 5 nitrogen and oxygen atoms in total. The number of hydrogen-bond acceptors (Lipinski definition) is 3. The zero-order valence-electron chi connectivity index (χ0n) is 19.1. The van der Waals surface area contributed by atoms with Crippen molar-refractivity contribution in [1.29, 1.82) is 0 Å². The van der Waals surface area contributed by atoms with E-state index in [1.807, 2.05) is 18.7 Å². The number of nitrogens with zero attached hydrogens (tertiary/aromatic N) is 2. The van der Waals surface area contributed by atoms with Crippen molar-refractivity contribution in [3.05, 3.63) is 34.6 Å². The van der Waals surface area contributed by atoms with E-state index in [9.17, 15) is 14.0 Å². The summed E-state index contributed by atoms with van der Waals surface area (Å²) < 4.78 is 13.4. The fourth-order valence-corrected chi connectivity index (χ4v) is 5.67. The van der Waals surface area contributed by atoms with Crippen LogP contribution in [0.25, 0.3) is 0 Å². The number of halogens is 2. The molecule has 1 spiro atoms. The SMILES string of the molecule is CC.CC1(C)CCCN1C(=O)CN1CC2(CC(CNC(=O)c3cc(F)cc(Cl)c3)C2)C1. The van der Waals surface area contributed by atoms with E-state index in [1.165, 1.54) is 18.2 Å². The maximum absolute atomic E-state index is 13.4. The minimum Gasteiger partial charge on any atom is -0.352 e. The van der Waals surface area contributed by atoms with E-state index in [0.29, 0.717) is 24.4 Å². The first kappa shape index (κ1) is 24.0. The second-order valence-electron chi connectivity index (χ2n) is 9.75. The summed E-state index contributed by atoms with van der Waals surface area (Å²) in [5.41, 5.74) is 0.561. The largest absolute Gasteiger partial charge is 0.352 e. The van der Waals surface area contributed by atoms with Gasteiger partial charge in [0.05, 0.1) is 6.54 Å². The summed E-state index contributed by atoms with van der Waals surface area (Å²) in [4.78, 5) is 29.1. The Kier molecular flexibility index (Phi) is 7.32. The third-order valence-electron chi connectivity index (χ3n) is 6.80. The minimum absolute atomic E-state index is 0.00863. The van der Waals surface area contributed by atoms with Gasteiger partial charge in [0.25, 0.3) is 5.91 Å². The Bertz CT molecular complexity index is 795. The van der Waals surface area contributed by atoms with E-state index in [0.717, 1.165) is 45.3 Å². The first-order valence-electron chi connectivity index (χ1n) is 11.4. The van der Waals surface area contributed by atoms with Crippen molar-refractivity contribution in [3.63, 3.8) is 0 Å². The number of rotatable bonds is 5. The molecule has 0 atom stereocenters. The number of amides is 2. The molecule has 4 rings (SSSR count). The van der Waals surface area contributed by atoms with Gasteiger partial charge in [-0.1, -0.05) is 25.4 Å². The first-order valence-corrected chi connectivity index (χ1v) is 11.8. The summed E-state index contributed by atoms with van der Waals surface area (Å²) in [6.07, 6.45) is 4.31. The van der Waals surface area contributed by atoms with Gasteiger partial charge in [-0.25, -0.2) is 4.39 Å². The van der Waals surface area contributed by atoms with Gasteiger partial charge in [-0.2, -0.15) is 0 Å². The van der Waals surface area contributed by atoms with Gasteiger partial charge in [-0.05, 0) is 69.1 Å². The van der Waals surface area contributed by atoms with Crippen LogP contribution in [0.1, 0.15) is 63.7 Å². The predicted octanol–water partition coefficient (Wildman–Crippen LogP) is 4.35. The minimum atomic E-state index is -0.508. The summed E-state index contributed by atoms with van der Waals surface area (Å²) >= 11 is 5.81. The fourth-order valence-electron chi connectivity index (χ4n) is 5.45. The molecule has 1 aliphatic carbocycles. The highest BCUT2D eigenvalue weighted by molar-refractivity contribution is 6.31. The van der Waals surface area contributed by atoms with Gasteiger partial charge in [-0.3, -0.25) is 14.5 Å². The van der Waals surface area contributed by atoms with Crippen LogP contribution in [0.2, 0.25) is 5.02 Å². The van der Waals surface area contributed by atoms with Gasteiger partial charge in [-0.15, -0.1) is 0 Å². The highest BCUT2D eigenvalue weighted by atomic mass is 35.5. The Morgan fingerprint density at radius 2 is 1.87 bits per heavy atom. The van der Waals surface area contributed by atoms with Crippen LogP contribution in [0.15, 0.2) is 18.2 Å². The fraction of sp³-hybridized carbons (Fsp3) is 0.667. The summed E-state index contributed by atoms with van der Waals surface area (Å²) in [5.74, 6) is -0.106. The van der Waals surface area contributed by atoms with Gasteiger partial charge in [0.1, 0.15) is 5.82 Å². The molecule has 172 valence electrons. The number of benzene rings is 1. The molecule has 0 bridgehead atoms. The van der Waals surface area contributed by atoms with E-state index in [-0.39, 0.29) is 27.9 Å². The van der Waals surface area contributed by atoms with Crippen LogP contribution < -0.4 is 5.32 Å². The van der Waals surface area contributed by atoms with Gasteiger partial charge >= 0.3 is 0 Å². The molecule has 2 aliphatic heterocycles. The number of nitrogens with one attached hydrogen (secondary N) is 1. The van der Waals surface area contributed by atoms with Crippen molar-refractivity contribution >= 4 is 23.4 Å². The van der Waals surface area contributed by atoms with E-state index in [2.05, 4.69) is 24.1 Å². The molecule has 7 heteroatoms. The third kappa shape index (κ3) is 5.40. The molecule has 1 aromatic carbocycles. The lowest BCUT2D eigenvalue weighted by Crippen LogP contribution is -2.65. The quantitative estimate of drug-likeness (QED) is 0.724. The number of carbonyl (C=O) groups excluding carboxylic acids is 2. The molecule has 2 amide bonds. The zero-order valence-corrected chi connectivity index (χ0v) is 19.9. The standard InChI is InChI=1S/C22H29ClFN3O2.C2H6/c1-21(2)4-3-5-27(21)19(28)12-26-13-22(14-26)9-15(10-22)11-25-20(29)16-6-17(23)8-18(24)7-16;1-2/h6-8,15H,3-5,9-14H2,1-2H3,(H,25,29);1-2H3. The van der Waals surface area contributed by atoms with E-state index >= 15 is 0 Å². The van der Waals surface area contributed by atoms with Crippen molar-refractivity contribution in [2.24, 2.45) is 11.3 Å². The van der Waals surface area contributed by atoms with Crippen LogP contribution >= 0.6 is 11.6 Å². The molecule has 2 saturated heterocycles. The molecule has 0 unspecified atom stereocenters. The zero-order chi connectivity index (χ0) is 22.8. The third-order valence-corrected chi connectivity index (χ3v) is 7.02. The van der Waals surface area contributed by atoms with Gasteiger partial charge in [0.15, 0.2) is 0 Å². The van der Waals surface area contributed by atoms with E-state index in [4.69, 9.17) is 11.6 Å². The summed E-state index contributed by atoms with van der Waals surface area (Å²) in [5, 5.41) is 3.11. The molecule has 31 heavy (non-hydrogen) atoms. The molecule has 3 fully saturated rings. The van der Waals surface area contributed by atoms with Gasteiger partial charge in [0.2, 0.25) is 5.91 Å². The van der Waals surface area contributed by atoms with Gasteiger partial charge < -0.3 is 10.2 Å². The molecule has 1 saturated carbocycles. The molecule has 0 aromatic heterocycles. The molecule has 3 aliphatic rings. The Hall–Kier alpha value is -1.66. The summed E-state index contributed by atoms with van der Waals surface area (Å²) in [6.45, 7) is 12.2. The monoisotopic (exact) mass is 451 g/mol. The maximum Gasteiger partial charge on any atom is 0.251 e. The molecule has 0 radical (unpaired) electrons. The normalized spacial score (nSPS) is 21.7. The maximum atomic E-state index is 13.4. The lowest BCUT2D eigenvalue weighted by Gasteiger charge is -2.59. The Balaban J connectivity index is 0.00000132. The Labute approximate surface area is 190 Å². The summed E-state index contributed by atoms with van der Waals surface area (Å²) in [6, 6.07) is 3.86. The van der Waals surface area contributed by atoms with Crippen molar-refractivity contribution in [2.45, 2.75) is 58.9 Å². The topological polar surface area (TPSA) is 52.7 Å². The number of hydrogen-bond donors (Lipinski definition) is 1. The van der Waals surface area contributed by atoms with Crippen LogP contribution in [0.4, 0.5) is 4.39 Å². The van der Waals surface area contributed by atoms with Crippen LogP contribution in [-0.4, -0.2) is 59.9 Å². The van der Waals surface area contributed by atoms with Crippen LogP contribution in [0.3, 0.4) is 0 Å². The van der Waals surface area contributed by atoms with Crippen LogP contribution in [0.5, 0.6) is 0 Å². The Morgan fingerprint density at radius 1 is 1.19 bits per heavy atom. The Morgan fingerprint density at radius 3 is 2.45 bits per heavy atom. The average molecular weight is 452 g/mol. The highest BCUT2D eigenvalue weighted by Crippen LogP contribution is 2.51. The number of likely N-dealkylation sites (tertiary alicyclic amines) is 2. The number of carbonyl (C=O) groups is 2. The first-order chi connectivity index (χ1) is 14.7. The molecular weight excluding hydrogens is 417 g/mol. The van der Waals surface area contributed by atoms with Gasteiger partial charge in [0, 0.05) is 42.3 Å². The summed E-state index contributed by atoms with van der Waals surface area (Å²) in [7, 11) is 0. The smallest absolute Gasteiger partial charge is 0.251 e. The lowest BCUT2D eigenvalue weighted by atomic mass is 9.57. The van der Waals surface area contributed by atoms with Crippen molar-refractivity contribution in [3.8, 4) is 0 Å². The van der Waals surface area contributed by atoms with E-state index in [1.54, 1.807) is 0 Å². The molecule has 2 heterocycles. The van der Waals surface area contributed by atoms with E-state index < -0.39 is 5.82 Å². The highest BCUT2D eigenvalue weighted by Gasteiger charge is 2.52. The van der Waals surface area contributed by atoms with Crippen molar-refractivity contribution in [1.82, 2.24) is 15.1 Å². The van der Waals surface area contributed by atoms with Crippen LogP contribution in [0, 0.1) is 17.2 Å². The lowest BCUT2D eigenvalue weighted by molar-refractivity contribution is -0.144. The van der Waals surface area contributed by atoms with Crippen molar-refractivity contribution in [2.75, 3.05) is 32.7 Å². The predicted molar refractivity (Wildman–Crippen MR) is 122 cm³/mol. The van der Waals surface area contributed by atoms with Crippen LogP contribution in [-0.2, 0) is 4.79 Å². The second kappa shape index (κ2) is 9.45. The average Bonchev–Trinajstić information content (AvgIpc) is 3.01. The molecular formula is C24H35ClFN3O2. The van der Waals surface area contributed by atoms with Crippen molar-refractivity contribution < 1.29 is 14.0 Å². The molecule has 1 aromatic rings. The molecule has 1 N–H and O–H groups in total. The second-order valence-corrected chi connectivity index (χ2v) is 10.2.